The fourth-order valence-electron chi connectivity index (χ4n) is 1.00. The van der Waals surface area contributed by atoms with E-state index in [1.807, 2.05) is 12.1 Å². The van der Waals surface area contributed by atoms with Gasteiger partial charge in [-0.3, -0.25) is 15.1 Å². The molecule has 0 saturated carbocycles. The van der Waals surface area contributed by atoms with Crippen LogP contribution in [0.5, 0.6) is 0 Å². The molecule has 1 rings (SSSR count). The number of hydrogen-bond donors (Lipinski definition) is 0. The molecule has 0 atom stereocenters. The van der Waals surface area contributed by atoms with Gasteiger partial charge in [-0.05, 0) is 11.6 Å². The molecule has 0 saturated heterocycles. The number of nitrogens with zero attached hydrogens (tertiary/aromatic N) is 3. The Kier molecular flexibility index (Phi) is 3.60. The number of pyridine rings is 1. The smallest absolute Gasteiger partial charge is 0.250 e. The molecule has 0 radical (unpaired) electrons. The predicted molar refractivity (Wildman–Crippen MR) is 51.8 cm³/mol. The Hall–Kier alpha value is -1.91. The molecule has 1 heterocycles. The first kappa shape index (κ1) is 10.2. The molecule has 0 fully saturated rings. The zero-order chi connectivity index (χ0) is 10.4. The monoisotopic (exact) mass is 193 g/mol. The number of aromatic nitrogens is 1. The van der Waals surface area contributed by atoms with Crippen molar-refractivity contribution >= 4 is 0 Å². The zero-order valence-corrected chi connectivity index (χ0v) is 7.83. The van der Waals surface area contributed by atoms with E-state index in [1.165, 1.54) is 6.20 Å². The lowest BCUT2D eigenvalue weighted by molar-refractivity contribution is -0.403. The lowest BCUT2D eigenvalue weighted by Crippen LogP contribution is -2.10. The molecule has 1 aromatic heterocycles. The van der Waals surface area contributed by atoms with Gasteiger partial charge in [0.05, 0.1) is 11.1 Å². The van der Waals surface area contributed by atoms with E-state index in [9.17, 15) is 10.1 Å². The summed E-state index contributed by atoms with van der Waals surface area (Å²) in [5.41, 5.74) is 1.02. The highest BCUT2D eigenvalue weighted by atomic mass is 16.6. The van der Waals surface area contributed by atoms with E-state index in [0.29, 0.717) is 6.54 Å². The summed E-state index contributed by atoms with van der Waals surface area (Å²) in [6.45, 7) is 0.609. The van der Waals surface area contributed by atoms with Crippen LogP contribution >= 0.6 is 0 Å². The van der Waals surface area contributed by atoms with Gasteiger partial charge in [-0.25, -0.2) is 0 Å². The molecule has 0 bridgehead atoms. The van der Waals surface area contributed by atoms with Crippen molar-refractivity contribution in [3.63, 3.8) is 0 Å². The highest BCUT2D eigenvalue weighted by Gasteiger charge is 1.96. The van der Waals surface area contributed by atoms with Crippen LogP contribution in [0, 0.1) is 10.1 Å². The third-order valence-corrected chi connectivity index (χ3v) is 1.60. The standard InChI is InChI=1S/C9H11N3O2/c1-11(5-6-12(13)14)8-9-3-2-4-10-7-9/h2-7H,8H2,1H3. The van der Waals surface area contributed by atoms with Crippen molar-refractivity contribution in [2.75, 3.05) is 7.05 Å². The van der Waals surface area contributed by atoms with Crippen LogP contribution in [-0.2, 0) is 6.54 Å². The maximum absolute atomic E-state index is 10.0. The second kappa shape index (κ2) is 4.96. The minimum atomic E-state index is -0.486. The normalized spacial score (nSPS) is 10.4. The minimum absolute atomic E-state index is 0.486. The van der Waals surface area contributed by atoms with Crippen LogP contribution in [0.3, 0.4) is 0 Å². The Morgan fingerprint density at radius 1 is 1.71 bits per heavy atom. The first-order chi connectivity index (χ1) is 6.68. The predicted octanol–water partition coefficient (Wildman–Crippen LogP) is 1.26. The van der Waals surface area contributed by atoms with Crippen molar-refractivity contribution in [2.45, 2.75) is 6.54 Å². The zero-order valence-electron chi connectivity index (χ0n) is 7.83. The highest BCUT2D eigenvalue weighted by Crippen LogP contribution is 2.00. The molecule has 0 N–H and O–H groups in total. The summed E-state index contributed by atoms with van der Waals surface area (Å²) in [6.07, 6.45) is 5.76. The quantitative estimate of drug-likeness (QED) is 0.533. The summed E-state index contributed by atoms with van der Waals surface area (Å²) in [7, 11) is 1.77. The van der Waals surface area contributed by atoms with Gasteiger partial charge in [0.1, 0.15) is 0 Å². The third kappa shape index (κ3) is 3.66. The van der Waals surface area contributed by atoms with Crippen molar-refractivity contribution in [3.05, 3.63) is 52.6 Å². The Bertz CT molecular complexity index is 324. The van der Waals surface area contributed by atoms with Crippen molar-refractivity contribution in [1.82, 2.24) is 9.88 Å². The molecular weight excluding hydrogens is 182 g/mol. The lowest BCUT2D eigenvalue weighted by Gasteiger charge is -2.11. The van der Waals surface area contributed by atoms with E-state index in [2.05, 4.69) is 4.98 Å². The molecule has 5 heteroatoms. The number of rotatable bonds is 4. The van der Waals surface area contributed by atoms with Crippen LogP contribution in [-0.4, -0.2) is 21.9 Å². The molecule has 0 aliphatic heterocycles. The summed E-state index contributed by atoms with van der Waals surface area (Å²) >= 11 is 0. The molecule has 5 nitrogen and oxygen atoms in total. The second-order valence-electron chi connectivity index (χ2n) is 2.86. The largest absolute Gasteiger partial charge is 0.371 e. The van der Waals surface area contributed by atoms with Gasteiger partial charge < -0.3 is 4.90 Å². The molecule has 0 aliphatic carbocycles. The van der Waals surface area contributed by atoms with Crippen LogP contribution in [0.25, 0.3) is 0 Å². The topological polar surface area (TPSA) is 59.3 Å². The van der Waals surface area contributed by atoms with Crippen molar-refractivity contribution in [2.24, 2.45) is 0 Å². The first-order valence-electron chi connectivity index (χ1n) is 4.09. The fourth-order valence-corrected chi connectivity index (χ4v) is 1.00. The number of nitro groups is 1. The van der Waals surface area contributed by atoms with Gasteiger partial charge >= 0.3 is 0 Å². The van der Waals surface area contributed by atoms with Gasteiger partial charge in [0, 0.05) is 26.0 Å². The molecule has 0 unspecified atom stereocenters. The molecule has 14 heavy (non-hydrogen) atoms. The molecule has 0 aliphatic rings. The molecule has 0 aromatic carbocycles. The van der Waals surface area contributed by atoms with Gasteiger partial charge in [0.25, 0.3) is 0 Å². The van der Waals surface area contributed by atoms with E-state index in [4.69, 9.17) is 0 Å². The van der Waals surface area contributed by atoms with Gasteiger partial charge in [-0.15, -0.1) is 0 Å². The van der Waals surface area contributed by atoms with Crippen LogP contribution in [0.4, 0.5) is 0 Å². The third-order valence-electron chi connectivity index (χ3n) is 1.60. The highest BCUT2D eigenvalue weighted by molar-refractivity contribution is 5.08. The molecule has 0 amide bonds. The minimum Gasteiger partial charge on any atom is -0.371 e. The maximum atomic E-state index is 10.0. The summed E-state index contributed by atoms with van der Waals surface area (Å²) < 4.78 is 0. The van der Waals surface area contributed by atoms with Crippen LogP contribution in [0.1, 0.15) is 5.56 Å². The number of hydrogen-bond acceptors (Lipinski definition) is 4. The summed E-state index contributed by atoms with van der Waals surface area (Å²) in [4.78, 5) is 15.2. The summed E-state index contributed by atoms with van der Waals surface area (Å²) in [5, 5.41) is 10.0. The fraction of sp³-hybridized carbons (Fsp3) is 0.222. The van der Waals surface area contributed by atoms with Crippen LogP contribution in [0.15, 0.2) is 36.9 Å². The van der Waals surface area contributed by atoms with Gasteiger partial charge in [0.15, 0.2) is 0 Å². The molecule has 74 valence electrons. The van der Waals surface area contributed by atoms with Crippen molar-refractivity contribution in [1.29, 1.82) is 0 Å². The first-order valence-corrected chi connectivity index (χ1v) is 4.09. The van der Waals surface area contributed by atoms with E-state index >= 15 is 0 Å². The Morgan fingerprint density at radius 3 is 3.07 bits per heavy atom. The van der Waals surface area contributed by atoms with Gasteiger partial charge in [0.2, 0.25) is 6.20 Å². The van der Waals surface area contributed by atoms with Crippen molar-refractivity contribution < 1.29 is 4.92 Å². The maximum Gasteiger partial charge on any atom is 0.250 e. The lowest BCUT2D eigenvalue weighted by atomic mass is 10.3. The summed E-state index contributed by atoms with van der Waals surface area (Å²) in [6, 6.07) is 3.75. The Labute approximate surface area is 81.8 Å². The van der Waals surface area contributed by atoms with E-state index < -0.39 is 4.92 Å². The van der Waals surface area contributed by atoms with Gasteiger partial charge in [-0.2, -0.15) is 0 Å². The van der Waals surface area contributed by atoms with Gasteiger partial charge in [-0.1, -0.05) is 6.07 Å². The molecule has 0 spiro atoms. The van der Waals surface area contributed by atoms with Crippen LogP contribution < -0.4 is 0 Å². The summed E-state index contributed by atoms with van der Waals surface area (Å²) in [5.74, 6) is 0. The van der Waals surface area contributed by atoms with Crippen LogP contribution in [0.2, 0.25) is 0 Å². The van der Waals surface area contributed by atoms with E-state index in [0.717, 1.165) is 11.8 Å². The Balaban J connectivity index is 2.49. The average Bonchev–Trinajstić information content (AvgIpc) is 2.16. The second-order valence-corrected chi connectivity index (χ2v) is 2.86. The van der Waals surface area contributed by atoms with E-state index in [1.54, 1.807) is 24.3 Å². The molecular formula is C9H11N3O2. The van der Waals surface area contributed by atoms with E-state index in [-0.39, 0.29) is 0 Å². The average molecular weight is 193 g/mol. The Morgan fingerprint density at radius 2 is 2.50 bits per heavy atom. The SMILES string of the molecule is CN(C=C[N+](=O)[O-])Cc1cccnc1. The van der Waals surface area contributed by atoms with Crippen molar-refractivity contribution in [3.8, 4) is 0 Å². The molecule has 1 aromatic rings.